The van der Waals surface area contributed by atoms with Crippen molar-refractivity contribution in [2.45, 2.75) is 34.1 Å². The highest BCUT2D eigenvalue weighted by molar-refractivity contribution is 5.22. The quantitative estimate of drug-likeness (QED) is 0.773. The molecule has 1 N–H and O–H groups in total. The lowest BCUT2D eigenvalue weighted by molar-refractivity contribution is 0.368. The van der Waals surface area contributed by atoms with Gasteiger partial charge in [0.2, 0.25) is 0 Å². The van der Waals surface area contributed by atoms with E-state index in [1.807, 2.05) is 0 Å². The summed E-state index contributed by atoms with van der Waals surface area (Å²) in [5.74, 6) is 1.47. The van der Waals surface area contributed by atoms with Crippen molar-refractivity contribution in [1.29, 1.82) is 0 Å². The maximum Gasteiger partial charge on any atom is -0.00206 e. The Morgan fingerprint density at radius 2 is 1.94 bits per heavy atom. The van der Waals surface area contributed by atoms with Gasteiger partial charge in [-0.05, 0) is 43.8 Å². The molecule has 0 saturated heterocycles. The highest BCUT2D eigenvalue weighted by Gasteiger charge is 2.12. The smallest absolute Gasteiger partial charge is 0.00206 e. The molecule has 1 aromatic rings. The van der Waals surface area contributed by atoms with E-state index in [0.717, 1.165) is 24.9 Å². The van der Waals surface area contributed by atoms with E-state index in [9.17, 15) is 0 Å². The SMILES string of the molecule is CCNCC(C)C(C)Cc1cccc(C)c1. The van der Waals surface area contributed by atoms with E-state index in [1.54, 1.807) is 0 Å². The van der Waals surface area contributed by atoms with E-state index in [4.69, 9.17) is 0 Å². The van der Waals surface area contributed by atoms with Crippen LogP contribution in [0, 0.1) is 18.8 Å². The molecule has 0 bridgehead atoms. The van der Waals surface area contributed by atoms with Crippen molar-refractivity contribution in [3.8, 4) is 0 Å². The molecule has 0 aliphatic heterocycles. The number of aryl methyl sites for hydroxylation is 1. The lowest BCUT2D eigenvalue weighted by atomic mass is 9.89. The fourth-order valence-corrected chi connectivity index (χ4v) is 1.99. The summed E-state index contributed by atoms with van der Waals surface area (Å²) in [6.45, 7) is 11.2. The Kier molecular flexibility index (Phi) is 5.54. The van der Waals surface area contributed by atoms with Crippen LogP contribution in [0.1, 0.15) is 31.9 Å². The van der Waals surface area contributed by atoms with Gasteiger partial charge in [0.1, 0.15) is 0 Å². The van der Waals surface area contributed by atoms with Gasteiger partial charge < -0.3 is 5.32 Å². The Morgan fingerprint density at radius 1 is 1.19 bits per heavy atom. The van der Waals surface area contributed by atoms with Crippen LogP contribution in [0.3, 0.4) is 0 Å². The predicted molar refractivity (Wildman–Crippen MR) is 71.8 cm³/mol. The Bertz CT molecular complexity index is 306. The molecule has 0 radical (unpaired) electrons. The van der Waals surface area contributed by atoms with Gasteiger partial charge in [0.15, 0.2) is 0 Å². The first-order valence-electron chi connectivity index (χ1n) is 6.39. The van der Waals surface area contributed by atoms with Gasteiger partial charge in [-0.15, -0.1) is 0 Å². The zero-order chi connectivity index (χ0) is 12.0. The van der Waals surface area contributed by atoms with Crippen LogP contribution >= 0.6 is 0 Å². The molecule has 0 fully saturated rings. The summed E-state index contributed by atoms with van der Waals surface area (Å²) in [6.07, 6.45) is 1.19. The van der Waals surface area contributed by atoms with Crippen LogP contribution in [0.4, 0.5) is 0 Å². The summed E-state index contributed by atoms with van der Waals surface area (Å²) < 4.78 is 0. The van der Waals surface area contributed by atoms with Gasteiger partial charge in [-0.1, -0.05) is 50.6 Å². The number of hydrogen-bond acceptors (Lipinski definition) is 1. The van der Waals surface area contributed by atoms with E-state index < -0.39 is 0 Å². The van der Waals surface area contributed by atoms with Crippen LogP contribution in [-0.2, 0) is 6.42 Å². The second-order valence-electron chi connectivity index (χ2n) is 4.96. The van der Waals surface area contributed by atoms with E-state index in [1.165, 1.54) is 17.5 Å². The second kappa shape index (κ2) is 6.70. The molecule has 0 aliphatic carbocycles. The molecule has 1 nitrogen and oxygen atoms in total. The molecule has 1 aromatic carbocycles. The van der Waals surface area contributed by atoms with Crippen LogP contribution in [0.2, 0.25) is 0 Å². The van der Waals surface area contributed by atoms with Gasteiger partial charge in [-0.3, -0.25) is 0 Å². The van der Waals surface area contributed by atoms with Crippen LogP contribution in [0.5, 0.6) is 0 Å². The molecule has 1 heteroatoms. The van der Waals surface area contributed by atoms with Crippen LogP contribution in [0.25, 0.3) is 0 Å². The zero-order valence-electron chi connectivity index (χ0n) is 11.1. The fraction of sp³-hybridized carbons (Fsp3) is 0.600. The molecule has 0 heterocycles. The van der Waals surface area contributed by atoms with Gasteiger partial charge in [0.25, 0.3) is 0 Å². The van der Waals surface area contributed by atoms with Crippen molar-refractivity contribution < 1.29 is 0 Å². The summed E-state index contributed by atoms with van der Waals surface area (Å²) in [7, 11) is 0. The highest BCUT2D eigenvalue weighted by Crippen LogP contribution is 2.17. The summed E-state index contributed by atoms with van der Waals surface area (Å²) in [4.78, 5) is 0. The monoisotopic (exact) mass is 219 g/mol. The molecular weight excluding hydrogens is 194 g/mol. The molecule has 16 heavy (non-hydrogen) atoms. The summed E-state index contributed by atoms with van der Waals surface area (Å²) >= 11 is 0. The summed E-state index contributed by atoms with van der Waals surface area (Å²) in [5.41, 5.74) is 2.83. The van der Waals surface area contributed by atoms with Crippen molar-refractivity contribution in [3.05, 3.63) is 35.4 Å². The maximum absolute atomic E-state index is 3.43. The Morgan fingerprint density at radius 3 is 2.56 bits per heavy atom. The van der Waals surface area contributed by atoms with E-state index in [-0.39, 0.29) is 0 Å². The van der Waals surface area contributed by atoms with E-state index in [2.05, 4.69) is 57.3 Å². The van der Waals surface area contributed by atoms with E-state index >= 15 is 0 Å². The first-order chi connectivity index (χ1) is 7.63. The molecule has 0 aliphatic rings. The highest BCUT2D eigenvalue weighted by atomic mass is 14.8. The number of hydrogen-bond donors (Lipinski definition) is 1. The number of rotatable bonds is 6. The van der Waals surface area contributed by atoms with Crippen LogP contribution in [0.15, 0.2) is 24.3 Å². The lowest BCUT2D eigenvalue weighted by Gasteiger charge is -2.20. The Hall–Kier alpha value is -0.820. The average Bonchev–Trinajstić information content (AvgIpc) is 2.25. The minimum absolute atomic E-state index is 0.737. The Balaban J connectivity index is 2.47. The van der Waals surface area contributed by atoms with Crippen LogP contribution < -0.4 is 5.32 Å². The molecule has 1 rings (SSSR count). The molecule has 2 unspecified atom stereocenters. The molecule has 90 valence electrons. The lowest BCUT2D eigenvalue weighted by Crippen LogP contribution is -2.25. The standard InChI is InChI=1S/C15H25N/c1-5-16-11-14(4)13(3)10-15-8-6-7-12(2)9-15/h6-9,13-14,16H,5,10-11H2,1-4H3. The third-order valence-electron chi connectivity index (χ3n) is 3.33. The van der Waals surface area contributed by atoms with Crippen molar-refractivity contribution in [2.24, 2.45) is 11.8 Å². The number of nitrogens with one attached hydrogen (secondary N) is 1. The predicted octanol–water partition coefficient (Wildman–Crippen LogP) is 3.42. The summed E-state index contributed by atoms with van der Waals surface area (Å²) in [6, 6.07) is 8.86. The van der Waals surface area contributed by atoms with Gasteiger partial charge in [-0.2, -0.15) is 0 Å². The topological polar surface area (TPSA) is 12.0 Å². The maximum atomic E-state index is 3.43. The van der Waals surface area contributed by atoms with Gasteiger partial charge in [-0.25, -0.2) is 0 Å². The summed E-state index contributed by atoms with van der Waals surface area (Å²) in [5, 5.41) is 3.43. The molecular formula is C15H25N. The fourth-order valence-electron chi connectivity index (χ4n) is 1.99. The largest absolute Gasteiger partial charge is 0.317 e. The van der Waals surface area contributed by atoms with Crippen molar-refractivity contribution in [2.75, 3.05) is 13.1 Å². The van der Waals surface area contributed by atoms with Crippen LogP contribution in [-0.4, -0.2) is 13.1 Å². The zero-order valence-corrected chi connectivity index (χ0v) is 11.1. The molecule has 0 aromatic heterocycles. The molecule has 2 atom stereocenters. The normalized spacial score (nSPS) is 14.8. The van der Waals surface area contributed by atoms with Gasteiger partial charge in [0.05, 0.1) is 0 Å². The third-order valence-corrected chi connectivity index (χ3v) is 3.33. The molecule has 0 spiro atoms. The van der Waals surface area contributed by atoms with Crippen molar-refractivity contribution in [3.63, 3.8) is 0 Å². The molecule has 0 amide bonds. The third kappa shape index (κ3) is 4.36. The first-order valence-corrected chi connectivity index (χ1v) is 6.39. The average molecular weight is 219 g/mol. The Labute approximate surface area is 100 Å². The number of benzene rings is 1. The minimum Gasteiger partial charge on any atom is -0.317 e. The first kappa shape index (κ1) is 13.2. The van der Waals surface area contributed by atoms with E-state index in [0.29, 0.717) is 0 Å². The van der Waals surface area contributed by atoms with Gasteiger partial charge >= 0.3 is 0 Å². The second-order valence-corrected chi connectivity index (χ2v) is 4.96. The van der Waals surface area contributed by atoms with Crippen molar-refractivity contribution >= 4 is 0 Å². The van der Waals surface area contributed by atoms with Gasteiger partial charge in [0, 0.05) is 0 Å². The van der Waals surface area contributed by atoms with Crippen molar-refractivity contribution in [1.82, 2.24) is 5.32 Å². The minimum atomic E-state index is 0.737. The molecule has 0 saturated carbocycles.